The van der Waals surface area contributed by atoms with Gasteiger partial charge in [-0.3, -0.25) is 9.79 Å². The summed E-state index contributed by atoms with van der Waals surface area (Å²) >= 11 is 0. The van der Waals surface area contributed by atoms with Crippen LogP contribution in [-0.4, -0.2) is 40.3 Å². The predicted octanol–water partition coefficient (Wildman–Crippen LogP) is 5.21. The fourth-order valence-corrected chi connectivity index (χ4v) is 3.89. The van der Waals surface area contributed by atoms with E-state index >= 15 is 0 Å². The van der Waals surface area contributed by atoms with E-state index in [0.29, 0.717) is 28.6 Å². The molecule has 3 aromatic rings. The Kier molecular flexibility index (Phi) is 8.89. The summed E-state index contributed by atoms with van der Waals surface area (Å²) in [6.45, 7) is 7.63. The molecule has 1 amide bonds. The van der Waals surface area contributed by atoms with Crippen LogP contribution in [0.15, 0.2) is 77.8 Å². The number of rotatable bonds is 9. The number of nitrogens with zero attached hydrogens (tertiary/aromatic N) is 1. The number of carboxylic acids is 1. The topological polar surface area (TPSA) is 90.8 Å². The third-order valence-electron chi connectivity index (χ3n) is 5.53. The maximum absolute atomic E-state index is 14.3. The Morgan fingerprint density at radius 3 is 2.24 bits per heavy atom. The summed E-state index contributed by atoms with van der Waals surface area (Å²) in [4.78, 5) is 29.7. The van der Waals surface area contributed by atoms with Gasteiger partial charge in [-0.2, -0.15) is 0 Å². The number of hydrogen-bond donors (Lipinski definition) is 3. The fraction of sp³-hybridized carbons (Fsp3) is 0.276. The van der Waals surface area contributed by atoms with Crippen LogP contribution in [0.2, 0.25) is 0 Å². The van der Waals surface area contributed by atoms with Gasteiger partial charge in [-0.05, 0) is 45.4 Å². The van der Waals surface area contributed by atoms with Gasteiger partial charge in [-0.25, -0.2) is 13.6 Å². The SMILES string of the molecule is C[C@H](NC(C)(C)C)C(=O)Nc1ccccc1C(=N[C@@H](Cc1ccc(F)cc1F)C(=O)O)c1ccccc1. The van der Waals surface area contributed by atoms with Crippen LogP contribution in [0.5, 0.6) is 0 Å². The van der Waals surface area contributed by atoms with Crippen LogP contribution in [0.3, 0.4) is 0 Å². The second kappa shape index (κ2) is 11.9. The first kappa shape index (κ1) is 27.7. The standard InChI is InChI=1S/C29H31F2N3O3/c1-18(34-29(2,3)4)27(35)33-24-13-9-8-12-22(24)26(19-10-6-5-7-11-19)32-25(28(36)37)16-20-14-15-21(30)17-23(20)31/h5-15,17-18,25,34H,16H2,1-4H3,(H,33,35)(H,36,37)/t18-,25-/m0/s1. The van der Waals surface area contributed by atoms with E-state index in [4.69, 9.17) is 0 Å². The van der Waals surface area contributed by atoms with Gasteiger partial charge in [0.1, 0.15) is 11.6 Å². The Morgan fingerprint density at radius 2 is 1.62 bits per heavy atom. The zero-order valence-corrected chi connectivity index (χ0v) is 21.3. The zero-order valence-electron chi connectivity index (χ0n) is 21.3. The Morgan fingerprint density at radius 1 is 0.973 bits per heavy atom. The Balaban J connectivity index is 2.05. The highest BCUT2D eigenvalue weighted by molar-refractivity contribution is 6.17. The maximum atomic E-state index is 14.3. The van der Waals surface area contributed by atoms with Crippen molar-refractivity contribution in [2.24, 2.45) is 4.99 Å². The summed E-state index contributed by atoms with van der Waals surface area (Å²) in [6, 6.07) is 17.1. The van der Waals surface area contributed by atoms with Gasteiger partial charge < -0.3 is 15.7 Å². The molecule has 3 N–H and O–H groups in total. The molecule has 194 valence electrons. The number of carboxylic acid groups (broad SMARTS) is 1. The maximum Gasteiger partial charge on any atom is 0.328 e. The van der Waals surface area contributed by atoms with Crippen molar-refractivity contribution in [3.05, 3.63) is 101 Å². The lowest BCUT2D eigenvalue weighted by Gasteiger charge is -2.26. The number of anilines is 1. The molecular formula is C29H31F2N3O3. The molecule has 0 fully saturated rings. The number of amides is 1. The molecule has 3 rings (SSSR count). The van der Waals surface area contributed by atoms with E-state index in [2.05, 4.69) is 15.6 Å². The summed E-state index contributed by atoms with van der Waals surface area (Å²) in [5.41, 5.74) is 1.66. The van der Waals surface area contributed by atoms with Crippen LogP contribution in [0.4, 0.5) is 14.5 Å². The van der Waals surface area contributed by atoms with Crippen LogP contribution < -0.4 is 10.6 Å². The molecule has 6 nitrogen and oxygen atoms in total. The lowest BCUT2D eigenvalue weighted by atomic mass is 9.98. The molecule has 0 saturated carbocycles. The van der Waals surface area contributed by atoms with Crippen molar-refractivity contribution >= 4 is 23.3 Å². The van der Waals surface area contributed by atoms with Gasteiger partial charge in [-0.1, -0.05) is 54.6 Å². The third kappa shape index (κ3) is 7.79. The van der Waals surface area contributed by atoms with Gasteiger partial charge in [-0.15, -0.1) is 0 Å². The van der Waals surface area contributed by atoms with E-state index in [0.717, 1.165) is 6.07 Å². The van der Waals surface area contributed by atoms with Crippen LogP contribution in [0, 0.1) is 11.6 Å². The second-order valence-electron chi connectivity index (χ2n) is 9.79. The van der Waals surface area contributed by atoms with Crippen molar-refractivity contribution in [2.75, 3.05) is 5.32 Å². The monoisotopic (exact) mass is 507 g/mol. The predicted molar refractivity (Wildman–Crippen MR) is 141 cm³/mol. The molecule has 0 aliphatic heterocycles. The van der Waals surface area contributed by atoms with E-state index < -0.39 is 29.7 Å². The number of carbonyl (C=O) groups excluding carboxylic acids is 1. The van der Waals surface area contributed by atoms with Crippen LogP contribution in [0.25, 0.3) is 0 Å². The molecule has 0 unspecified atom stereocenters. The highest BCUT2D eigenvalue weighted by Crippen LogP contribution is 2.23. The zero-order chi connectivity index (χ0) is 27.2. The van der Waals surface area contributed by atoms with E-state index in [-0.39, 0.29) is 23.4 Å². The minimum Gasteiger partial charge on any atom is -0.480 e. The number of benzene rings is 3. The minimum atomic E-state index is -1.36. The molecule has 0 aromatic heterocycles. The third-order valence-corrected chi connectivity index (χ3v) is 5.53. The normalized spacial score (nSPS) is 13.6. The Labute approximate surface area is 215 Å². The van der Waals surface area contributed by atoms with Crippen molar-refractivity contribution in [2.45, 2.75) is 51.7 Å². The summed E-state index contributed by atoms with van der Waals surface area (Å²) in [5, 5.41) is 16.1. The largest absolute Gasteiger partial charge is 0.480 e. The van der Waals surface area contributed by atoms with Crippen LogP contribution in [-0.2, 0) is 16.0 Å². The molecule has 0 aliphatic rings. The average Bonchev–Trinajstić information content (AvgIpc) is 2.83. The van der Waals surface area contributed by atoms with Crippen molar-refractivity contribution in [1.29, 1.82) is 0 Å². The lowest BCUT2D eigenvalue weighted by molar-refractivity contribution is -0.138. The summed E-state index contributed by atoms with van der Waals surface area (Å²) in [5.74, 6) is -3.11. The molecule has 8 heteroatoms. The van der Waals surface area contributed by atoms with Crippen LogP contribution in [0.1, 0.15) is 44.4 Å². The molecule has 0 aliphatic carbocycles. The van der Waals surface area contributed by atoms with Gasteiger partial charge in [0.05, 0.1) is 17.4 Å². The molecule has 2 atom stereocenters. The first-order valence-electron chi connectivity index (χ1n) is 11.9. The van der Waals surface area contributed by atoms with E-state index in [1.54, 1.807) is 55.5 Å². The first-order chi connectivity index (χ1) is 17.4. The molecule has 0 heterocycles. The van der Waals surface area contributed by atoms with Gasteiger partial charge in [0.15, 0.2) is 6.04 Å². The average molecular weight is 508 g/mol. The smallest absolute Gasteiger partial charge is 0.328 e. The van der Waals surface area contributed by atoms with E-state index in [9.17, 15) is 23.5 Å². The highest BCUT2D eigenvalue weighted by Gasteiger charge is 2.24. The summed E-state index contributed by atoms with van der Waals surface area (Å²) in [7, 11) is 0. The van der Waals surface area contributed by atoms with Crippen molar-refractivity contribution in [1.82, 2.24) is 5.32 Å². The molecule has 0 bridgehead atoms. The number of nitrogens with one attached hydrogen (secondary N) is 2. The number of aliphatic imine (C=N–C) groups is 1. The Bertz CT molecular complexity index is 1290. The highest BCUT2D eigenvalue weighted by atomic mass is 19.1. The number of carbonyl (C=O) groups is 2. The second-order valence-corrected chi connectivity index (χ2v) is 9.79. The molecule has 0 saturated heterocycles. The lowest BCUT2D eigenvalue weighted by Crippen LogP contribution is -2.48. The molecular weight excluding hydrogens is 476 g/mol. The number of aliphatic carboxylic acids is 1. The number of hydrogen-bond acceptors (Lipinski definition) is 4. The van der Waals surface area contributed by atoms with E-state index in [1.165, 1.54) is 6.07 Å². The van der Waals surface area contributed by atoms with Crippen molar-refractivity contribution in [3.63, 3.8) is 0 Å². The molecule has 0 radical (unpaired) electrons. The Hall–Kier alpha value is -3.91. The van der Waals surface area contributed by atoms with Crippen LogP contribution >= 0.6 is 0 Å². The minimum absolute atomic E-state index is 0.0358. The fourth-order valence-electron chi connectivity index (χ4n) is 3.89. The van der Waals surface area contributed by atoms with Gasteiger partial charge in [0, 0.05) is 29.2 Å². The van der Waals surface area contributed by atoms with Crippen molar-refractivity contribution < 1.29 is 23.5 Å². The first-order valence-corrected chi connectivity index (χ1v) is 11.9. The summed E-state index contributed by atoms with van der Waals surface area (Å²) < 4.78 is 27.7. The molecule has 37 heavy (non-hydrogen) atoms. The van der Waals surface area contributed by atoms with Gasteiger partial charge in [0.2, 0.25) is 5.91 Å². The molecule has 3 aromatic carbocycles. The number of para-hydroxylation sites is 1. The van der Waals surface area contributed by atoms with Gasteiger partial charge >= 0.3 is 5.97 Å². The van der Waals surface area contributed by atoms with E-state index in [1.807, 2.05) is 26.8 Å². The van der Waals surface area contributed by atoms with Gasteiger partial charge in [0.25, 0.3) is 0 Å². The quantitative estimate of drug-likeness (QED) is 0.347. The molecule has 0 spiro atoms. The van der Waals surface area contributed by atoms with Crippen molar-refractivity contribution in [3.8, 4) is 0 Å². The number of halogens is 2. The summed E-state index contributed by atoms with van der Waals surface area (Å²) in [6.07, 6.45) is -0.279.